The summed E-state index contributed by atoms with van der Waals surface area (Å²) < 4.78 is 11.1. The number of rotatable bonds is 3. The Bertz CT molecular complexity index is 844. The summed E-state index contributed by atoms with van der Waals surface area (Å²) in [5, 5.41) is 13.3. The van der Waals surface area contributed by atoms with Crippen LogP contribution in [0.1, 0.15) is 36.3 Å². The molecule has 146 valence electrons. The van der Waals surface area contributed by atoms with Crippen molar-refractivity contribution in [2.45, 2.75) is 37.3 Å². The number of fused-ring (bicyclic) bond motifs is 3. The molecule has 1 spiro atoms. The third-order valence-corrected chi connectivity index (χ3v) is 6.88. The highest BCUT2D eigenvalue weighted by molar-refractivity contribution is 5.79. The molecule has 2 aliphatic carbocycles. The highest BCUT2D eigenvalue weighted by Gasteiger charge is 2.55. The molecule has 1 aliphatic heterocycles. The average molecular weight is 379 g/mol. The third kappa shape index (κ3) is 2.73. The number of ether oxygens (including phenoxy) is 2. The molecular weight excluding hydrogens is 354 g/mol. The van der Waals surface area contributed by atoms with Gasteiger partial charge in [-0.1, -0.05) is 48.5 Å². The summed E-state index contributed by atoms with van der Waals surface area (Å²) in [6, 6.07) is 16.6. The Balaban J connectivity index is 1.26. The van der Waals surface area contributed by atoms with Crippen LogP contribution in [0, 0.1) is 5.41 Å². The summed E-state index contributed by atoms with van der Waals surface area (Å²) >= 11 is 0. The molecule has 3 aliphatic rings. The van der Waals surface area contributed by atoms with E-state index in [1.54, 1.807) is 0 Å². The molecule has 1 heterocycles. The van der Waals surface area contributed by atoms with Crippen molar-refractivity contribution >= 4 is 6.09 Å². The second-order valence-electron chi connectivity index (χ2n) is 8.12. The third-order valence-electron chi connectivity index (χ3n) is 6.88. The van der Waals surface area contributed by atoms with E-state index in [1.807, 2.05) is 24.3 Å². The molecule has 5 heteroatoms. The standard InChI is InChI=1S/C23H25NO4/c25-21-13-20(23(21)9-11-27-12-10-23)24-22(26)28-14-19-17-7-3-1-5-15(17)16-6-2-4-8-18(16)19/h1-8,19-21,25H,9-14H2,(H,24,26)/t20-,21-/m1/s1. The van der Waals surface area contributed by atoms with E-state index >= 15 is 0 Å². The van der Waals surface area contributed by atoms with E-state index < -0.39 is 6.09 Å². The van der Waals surface area contributed by atoms with Gasteiger partial charge in [-0.3, -0.25) is 0 Å². The van der Waals surface area contributed by atoms with Gasteiger partial charge in [-0.25, -0.2) is 4.79 Å². The van der Waals surface area contributed by atoms with Crippen LogP contribution in [-0.4, -0.2) is 43.2 Å². The predicted octanol–water partition coefficient (Wildman–Crippen LogP) is 3.46. The van der Waals surface area contributed by atoms with Crippen molar-refractivity contribution in [3.63, 3.8) is 0 Å². The Morgan fingerprint density at radius 1 is 1.07 bits per heavy atom. The zero-order chi connectivity index (χ0) is 19.1. The quantitative estimate of drug-likeness (QED) is 0.857. The normalized spacial score (nSPS) is 24.9. The minimum Gasteiger partial charge on any atom is -0.449 e. The molecule has 2 atom stereocenters. The molecule has 0 aromatic heterocycles. The Morgan fingerprint density at radius 3 is 2.29 bits per heavy atom. The minimum atomic E-state index is -0.398. The molecule has 2 aromatic rings. The van der Waals surface area contributed by atoms with Gasteiger partial charge < -0.3 is 19.9 Å². The maximum Gasteiger partial charge on any atom is 0.407 e. The first-order valence-corrected chi connectivity index (χ1v) is 10.1. The minimum absolute atomic E-state index is 0.0398. The molecular formula is C23H25NO4. The van der Waals surface area contributed by atoms with Crippen LogP contribution in [0.4, 0.5) is 4.79 Å². The molecule has 5 nitrogen and oxygen atoms in total. The molecule has 1 amide bonds. The Morgan fingerprint density at radius 2 is 1.68 bits per heavy atom. The first kappa shape index (κ1) is 17.7. The van der Waals surface area contributed by atoms with Gasteiger partial charge in [-0.05, 0) is 41.5 Å². The summed E-state index contributed by atoms with van der Waals surface area (Å²) in [7, 11) is 0. The lowest BCUT2D eigenvalue weighted by molar-refractivity contribution is -0.146. The molecule has 1 saturated carbocycles. The lowest BCUT2D eigenvalue weighted by atomic mass is 9.58. The Labute approximate surface area is 164 Å². The summed E-state index contributed by atoms with van der Waals surface area (Å²) in [6.45, 7) is 1.59. The van der Waals surface area contributed by atoms with E-state index in [-0.39, 0.29) is 23.5 Å². The van der Waals surface area contributed by atoms with Gasteiger partial charge in [-0.15, -0.1) is 0 Å². The zero-order valence-electron chi connectivity index (χ0n) is 15.8. The van der Waals surface area contributed by atoms with Crippen molar-refractivity contribution in [3.05, 3.63) is 59.7 Å². The molecule has 0 radical (unpaired) electrons. The van der Waals surface area contributed by atoms with Gasteiger partial charge in [-0.2, -0.15) is 0 Å². The van der Waals surface area contributed by atoms with Gasteiger partial charge in [0.15, 0.2) is 0 Å². The van der Waals surface area contributed by atoms with E-state index in [0.717, 1.165) is 12.8 Å². The van der Waals surface area contributed by atoms with Crippen LogP contribution in [0.25, 0.3) is 11.1 Å². The first-order valence-electron chi connectivity index (χ1n) is 10.1. The maximum atomic E-state index is 12.5. The van der Waals surface area contributed by atoms with E-state index in [0.29, 0.717) is 26.2 Å². The van der Waals surface area contributed by atoms with Gasteiger partial charge in [0.25, 0.3) is 0 Å². The van der Waals surface area contributed by atoms with Crippen LogP contribution < -0.4 is 5.32 Å². The van der Waals surface area contributed by atoms with Gasteiger partial charge in [0.1, 0.15) is 6.61 Å². The summed E-state index contributed by atoms with van der Waals surface area (Å²) in [4.78, 5) is 12.5. The maximum absolute atomic E-state index is 12.5. The SMILES string of the molecule is O=C(N[C@@H]1C[C@@H](O)C12CCOCC2)OCC1c2ccccc2-c2ccccc21. The van der Waals surface area contributed by atoms with Crippen LogP contribution in [0.3, 0.4) is 0 Å². The first-order chi connectivity index (χ1) is 13.7. The summed E-state index contributed by atoms with van der Waals surface area (Å²) in [5.41, 5.74) is 4.60. The van der Waals surface area contributed by atoms with E-state index in [4.69, 9.17) is 9.47 Å². The summed E-state index contributed by atoms with van der Waals surface area (Å²) in [5.74, 6) is 0.0576. The van der Waals surface area contributed by atoms with E-state index in [2.05, 4.69) is 29.6 Å². The number of aliphatic hydroxyl groups is 1. The van der Waals surface area contributed by atoms with Crippen LogP contribution in [0.15, 0.2) is 48.5 Å². The second kappa shape index (κ2) is 6.90. The lowest BCUT2D eigenvalue weighted by Crippen LogP contribution is -2.65. The van der Waals surface area contributed by atoms with Crippen molar-refractivity contribution < 1.29 is 19.4 Å². The lowest BCUT2D eigenvalue weighted by Gasteiger charge is -2.55. The van der Waals surface area contributed by atoms with Crippen LogP contribution in [0.5, 0.6) is 0 Å². The fraction of sp³-hybridized carbons (Fsp3) is 0.435. The molecule has 28 heavy (non-hydrogen) atoms. The molecule has 0 unspecified atom stereocenters. The number of hydrogen-bond donors (Lipinski definition) is 2. The molecule has 2 N–H and O–H groups in total. The highest BCUT2D eigenvalue weighted by atomic mass is 16.5. The molecule has 5 rings (SSSR count). The number of nitrogens with one attached hydrogen (secondary N) is 1. The van der Waals surface area contributed by atoms with Crippen molar-refractivity contribution in [1.29, 1.82) is 0 Å². The molecule has 1 saturated heterocycles. The molecule has 2 aromatic carbocycles. The van der Waals surface area contributed by atoms with Gasteiger partial charge >= 0.3 is 6.09 Å². The monoisotopic (exact) mass is 379 g/mol. The number of carbonyl (C=O) groups excluding carboxylic acids is 1. The smallest absolute Gasteiger partial charge is 0.407 e. The van der Waals surface area contributed by atoms with Crippen LogP contribution in [0.2, 0.25) is 0 Å². The van der Waals surface area contributed by atoms with E-state index in [9.17, 15) is 9.90 Å². The number of aliphatic hydroxyl groups excluding tert-OH is 1. The van der Waals surface area contributed by atoms with Gasteiger partial charge in [0, 0.05) is 30.6 Å². The fourth-order valence-corrected chi connectivity index (χ4v) is 5.18. The highest BCUT2D eigenvalue weighted by Crippen LogP contribution is 2.49. The predicted molar refractivity (Wildman–Crippen MR) is 105 cm³/mol. The summed E-state index contributed by atoms with van der Waals surface area (Å²) in [6.07, 6.45) is 1.38. The number of carbonyl (C=O) groups is 1. The topological polar surface area (TPSA) is 67.8 Å². The van der Waals surface area contributed by atoms with Crippen molar-refractivity contribution in [2.75, 3.05) is 19.8 Å². The van der Waals surface area contributed by atoms with E-state index in [1.165, 1.54) is 22.3 Å². The number of hydrogen-bond acceptors (Lipinski definition) is 4. The number of benzene rings is 2. The van der Waals surface area contributed by atoms with Crippen molar-refractivity contribution in [1.82, 2.24) is 5.32 Å². The van der Waals surface area contributed by atoms with Crippen LogP contribution in [-0.2, 0) is 9.47 Å². The average Bonchev–Trinajstić information content (AvgIpc) is 3.06. The number of alkyl carbamates (subject to hydrolysis) is 1. The van der Waals surface area contributed by atoms with Gasteiger partial charge in [0.05, 0.1) is 6.10 Å². The zero-order valence-corrected chi connectivity index (χ0v) is 15.8. The van der Waals surface area contributed by atoms with Crippen molar-refractivity contribution in [3.8, 4) is 11.1 Å². The Hall–Kier alpha value is -2.37. The van der Waals surface area contributed by atoms with Crippen LogP contribution >= 0.6 is 0 Å². The molecule has 2 fully saturated rings. The number of amides is 1. The second-order valence-corrected chi connectivity index (χ2v) is 8.12. The fourth-order valence-electron chi connectivity index (χ4n) is 5.18. The van der Waals surface area contributed by atoms with Crippen molar-refractivity contribution in [2.24, 2.45) is 5.41 Å². The van der Waals surface area contributed by atoms with Gasteiger partial charge in [0.2, 0.25) is 0 Å². The largest absolute Gasteiger partial charge is 0.449 e. The Kier molecular flexibility index (Phi) is 4.37. The molecule has 0 bridgehead atoms.